The molecule has 7 nitrogen and oxygen atoms in total. The Balaban J connectivity index is 2.25. The van der Waals surface area contributed by atoms with Gasteiger partial charge in [-0.25, -0.2) is 9.97 Å². The molecule has 0 fully saturated rings. The molecule has 0 amide bonds. The highest BCUT2D eigenvalue weighted by Crippen LogP contribution is 2.23. The van der Waals surface area contributed by atoms with Crippen molar-refractivity contribution in [1.29, 1.82) is 0 Å². The molecule has 0 saturated carbocycles. The second-order valence-electron chi connectivity index (χ2n) is 4.75. The Morgan fingerprint density at radius 1 is 0.870 bits per heavy atom. The molecule has 0 aliphatic carbocycles. The third-order valence-corrected chi connectivity index (χ3v) is 3.31. The summed E-state index contributed by atoms with van der Waals surface area (Å²) >= 11 is 11.7. The lowest BCUT2D eigenvalue weighted by Gasteiger charge is -2.26. The number of benzene rings is 1. The first-order valence-corrected chi connectivity index (χ1v) is 7.38. The van der Waals surface area contributed by atoms with Gasteiger partial charge in [0.2, 0.25) is 0 Å². The summed E-state index contributed by atoms with van der Waals surface area (Å²) < 4.78 is 0. The monoisotopic (exact) mass is 359 g/mol. The molecule has 0 bridgehead atoms. The summed E-state index contributed by atoms with van der Waals surface area (Å²) in [4.78, 5) is 9.57. The molecule has 0 saturated heterocycles. The molecule has 23 heavy (non-hydrogen) atoms. The van der Waals surface area contributed by atoms with Crippen LogP contribution in [-0.4, -0.2) is 56.1 Å². The number of halogens is 2. The molecule has 2 rings (SSSR count). The molecule has 0 aliphatic rings. The zero-order chi connectivity index (χ0) is 17.0. The predicted octanol–water partition coefficient (Wildman–Crippen LogP) is 0.878. The van der Waals surface area contributed by atoms with Crippen LogP contribution in [0.15, 0.2) is 30.3 Å². The van der Waals surface area contributed by atoms with Crippen molar-refractivity contribution < 1.29 is 20.4 Å². The molecule has 2 aromatic rings. The van der Waals surface area contributed by atoms with Gasteiger partial charge in [0.05, 0.1) is 13.1 Å². The Morgan fingerprint density at radius 2 is 1.35 bits per heavy atom. The normalized spacial score (nSPS) is 11.3. The highest BCUT2D eigenvalue weighted by atomic mass is 35.5. The van der Waals surface area contributed by atoms with E-state index in [2.05, 4.69) is 9.97 Å². The quantitative estimate of drug-likeness (QED) is 0.447. The van der Waals surface area contributed by atoms with Crippen molar-refractivity contribution in [2.24, 2.45) is 0 Å². The molecule has 0 unspecified atom stereocenters. The summed E-state index contributed by atoms with van der Waals surface area (Å²) in [6.07, 6.45) is -3.22. The number of hydrogen-bond donors (Lipinski definition) is 4. The van der Waals surface area contributed by atoms with Gasteiger partial charge in [-0.3, -0.25) is 0 Å². The fourth-order valence-electron chi connectivity index (χ4n) is 2.02. The zero-order valence-electron chi connectivity index (χ0n) is 11.8. The Labute approximate surface area is 142 Å². The summed E-state index contributed by atoms with van der Waals surface area (Å²) in [5.41, 5.74) is 1.23. The minimum absolute atomic E-state index is 0.170. The van der Waals surface area contributed by atoms with E-state index in [4.69, 9.17) is 43.6 Å². The van der Waals surface area contributed by atoms with E-state index in [0.717, 1.165) is 0 Å². The van der Waals surface area contributed by atoms with Crippen molar-refractivity contribution in [3.05, 3.63) is 40.6 Å². The second-order valence-corrected chi connectivity index (χ2v) is 5.52. The van der Waals surface area contributed by atoms with Crippen LogP contribution < -0.4 is 4.90 Å². The molecule has 124 valence electrons. The maximum absolute atomic E-state index is 9.09. The summed E-state index contributed by atoms with van der Waals surface area (Å²) in [5, 5.41) is 36.8. The van der Waals surface area contributed by atoms with Crippen molar-refractivity contribution >= 4 is 28.9 Å². The summed E-state index contributed by atoms with van der Waals surface area (Å²) in [7, 11) is 0. The number of rotatable bonds is 6. The fourth-order valence-corrected chi connectivity index (χ4v) is 2.44. The molecule has 1 aromatic heterocycles. The van der Waals surface area contributed by atoms with Gasteiger partial charge in [-0.05, 0) is 24.3 Å². The van der Waals surface area contributed by atoms with Gasteiger partial charge in [-0.15, -0.1) is 0 Å². The molecule has 9 heteroatoms. The minimum atomic E-state index is -1.61. The van der Waals surface area contributed by atoms with Gasteiger partial charge in [0.15, 0.2) is 18.4 Å². The van der Waals surface area contributed by atoms with E-state index in [9.17, 15) is 0 Å². The first kappa shape index (κ1) is 17.9. The van der Waals surface area contributed by atoms with Crippen LogP contribution in [0.2, 0.25) is 10.3 Å². The molecule has 0 atom stereocenters. The van der Waals surface area contributed by atoms with Gasteiger partial charge < -0.3 is 25.3 Å². The molecule has 1 aromatic carbocycles. The average Bonchev–Trinajstić information content (AvgIpc) is 2.45. The van der Waals surface area contributed by atoms with E-state index in [1.54, 1.807) is 24.3 Å². The number of aromatic nitrogens is 2. The number of aliphatic hydroxyl groups is 4. The Bertz CT molecular complexity index is 623. The molecule has 1 heterocycles. The highest BCUT2D eigenvalue weighted by molar-refractivity contribution is 6.33. The Morgan fingerprint density at radius 3 is 1.78 bits per heavy atom. The van der Waals surface area contributed by atoms with E-state index >= 15 is 0 Å². The lowest BCUT2D eigenvalue weighted by atomic mass is 10.1. The largest absolute Gasteiger partial charge is 0.367 e. The molecular formula is C14H15Cl2N3O4. The highest BCUT2D eigenvalue weighted by Gasteiger charge is 2.14. The van der Waals surface area contributed by atoms with Crippen molar-refractivity contribution in [3.63, 3.8) is 0 Å². The lowest BCUT2D eigenvalue weighted by Crippen LogP contribution is -2.38. The van der Waals surface area contributed by atoms with E-state index < -0.39 is 12.6 Å². The molecule has 0 aliphatic heterocycles. The third-order valence-electron chi connectivity index (χ3n) is 2.92. The SMILES string of the molecule is OC(O)CN(CC(O)O)c1ccc(-c2nc(Cl)cc(Cl)n2)cc1. The standard InChI is InChI=1S/C14H15Cl2N3O4/c15-10-5-11(16)18-14(17-10)8-1-3-9(4-2-8)19(6-12(20)21)7-13(22)23/h1-5,12-13,20-23H,6-7H2. The van der Waals surface area contributed by atoms with E-state index in [-0.39, 0.29) is 23.4 Å². The summed E-state index contributed by atoms with van der Waals surface area (Å²) in [6.45, 7) is -0.340. The van der Waals surface area contributed by atoms with Crippen LogP contribution in [0.3, 0.4) is 0 Å². The Kier molecular flexibility index (Phi) is 6.11. The number of nitrogens with zero attached hydrogens (tertiary/aromatic N) is 3. The fraction of sp³-hybridized carbons (Fsp3) is 0.286. The van der Waals surface area contributed by atoms with Gasteiger partial charge in [0, 0.05) is 17.3 Å². The number of anilines is 1. The summed E-state index contributed by atoms with van der Waals surface area (Å²) in [5.74, 6) is 0.352. The first-order chi connectivity index (χ1) is 10.8. The lowest BCUT2D eigenvalue weighted by molar-refractivity contribution is -0.0481. The van der Waals surface area contributed by atoms with Crippen LogP contribution in [0.5, 0.6) is 0 Å². The van der Waals surface area contributed by atoms with Gasteiger partial charge in [-0.1, -0.05) is 23.2 Å². The van der Waals surface area contributed by atoms with Crippen molar-refractivity contribution in [1.82, 2.24) is 9.97 Å². The smallest absolute Gasteiger partial charge is 0.169 e. The van der Waals surface area contributed by atoms with Crippen molar-refractivity contribution in [2.45, 2.75) is 12.6 Å². The molecule has 0 spiro atoms. The molecule has 4 N–H and O–H groups in total. The molecular weight excluding hydrogens is 345 g/mol. The Hall–Kier alpha value is -1.48. The maximum atomic E-state index is 9.09. The van der Waals surface area contributed by atoms with E-state index in [1.165, 1.54) is 11.0 Å². The second kappa shape index (κ2) is 7.87. The van der Waals surface area contributed by atoms with Crippen LogP contribution >= 0.6 is 23.2 Å². The topological polar surface area (TPSA) is 110 Å². The maximum Gasteiger partial charge on any atom is 0.169 e. The number of aliphatic hydroxyl groups excluding tert-OH is 2. The molecule has 0 radical (unpaired) electrons. The van der Waals surface area contributed by atoms with Crippen LogP contribution in [0.1, 0.15) is 0 Å². The third kappa shape index (κ3) is 5.28. The van der Waals surface area contributed by atoms with Crippen molar-refractivity contribution in [3.8, 4) is 11.4 Å². The van der Waals surface area contributed by atoms with Crippen LogP contribution in [0.25, 0.3) is 11.4 Å². The van der Waals surface area contributed by atoms with E-state index in [1.807, 2.05) is 0 Å². The van der Waals surface area contributed by atoms with Gasteiger partial charge in [0.1, 0.15) is 10.3 Å². The van der Waals surface area contributed by atoms with Crippen LogP contribution in [0, 0.1) is 0 Å². The van der Waals surface area contributed by atoms with Gasteiger partial charge in [-0.2, -0.15) is 0 Å². The minimum Gasteiger partial charge on any atom is -0.367 e. The van der Waals surface area contributed by atoms with Crippen molar-refractivity contribution in [2.75, 3.05) is 18.0 Å². The summed E-state index contributed by atoms with van der Waals surface area (Å²) in [6, 6.07) is 8.14. The predicted molar refractivity (Wildman–Crippen MR) is 86.2 cm³/mol. The van der Waals surface area contributed by atoms with Gasteiger partial charge >= 0.3 is 0 Å². The van der Waals surface area contributed by atoms with Crippen LogP contribution in [-0.2, 0) is 0 Å². The average molecular weight is 360 g/mol. The first-order valence-electron chi connectivity index (χ1n) is 6.63. The zero-order valence-corrected chi connectivity index (χ0v) is 13.4. The van der Waals surface area contributed by atoms with E-state index in [0.29, 0.717) is 17.1 Å². The van der Waals surface area contributed by atoms with Gasteiger partial charge in [0.25, 0.3) is 0 Å². The van der Waals surface area contributed by atoms with Crippen LogP contribution in [0.4, 0.5) is 5.69 Å². The number of hydrogen-bond acceptors (Lipinski definition) is 7.